The molecule has 0 saturated heterocycles. The van der Waals surface area contributed by atoms with E-state index in [2.05, 4.69) is 11.4 Å². The van der Waals surface area contributed by atoms with Gasteiger partial charge in [0.1, 0.15) is 5.82 Å². The summed E-state index contributed by atoms with van der Waals surface area (Å²) in [4.78, 5) is 13.1. The van der Waals surface area contributed by atoms with Gasteiger partial charge in [-0.15, -0.1) is 0 Å². The minimum Gasteiger partial charge on any atom is -0.493 e. The van der Waals surface area contributed by atoms with Crippen LogP contribution in [0.4, 0.5) is 5.82 Å². The van der Waals surface area contributed by atoms with Gasteiger partial charge in [-0.05, 0) is 36.2 Å². The number of methoxy groups -OCH3 is 3. The lowest BCUT2D eigenvalue weighted by Gasteiger charge is -2.14. The molecular weight excluding hydrogens is 442 g/mol. The Morgan fingerprint density at radius 2 is 1.57 bits per heavy atom. The van der Waals surface area contributed by atoms with Crippen LogP contribution in [0.2, 0.25) is 0 Å². The highest BCUT2D eigenvalue weighted by Crippen LogP contribution is 2.38. The molecule has 3 aromatic carbocycles. The minimum absolute atomic E-state index is 0.132. The lowest BCUT2D eigenvalue weighted by molar-refractivity contribution is -0.115. The van der Waals surface area contributed by atoms with Crippen molar-refractivity contribution in [2.24, 2.45) is 0 Å². The van der Waals surface area contributed by atoms with Gasteiger partial charge in [-0.2, -0.15) is 5.10 Å². The van der Waals surface area contributed by atoms with Crippen LogP contribution in [-0.4, -0.2) is 37.0 Å². The predicted molar refractivity (Wildman–Crippen MR) is 136 cm³/mol. The van der Waals surface area contributed by atoms with Crippen molar-refractivity contribution in [3.05, 3.63) is 89.5 Å². The summed E-state index contributed by atoms with van der Waals surface area (Å²) in [6.45, 7) is 2.58. The quantitative estimate of drug-likeness (QED) is 0.367. The van der Waals surface area contributed by atoms with E-state index in [0.717, 1.165) is 27.9 Å². The largest absolute Gasteiger partial charge is 0.493 e. The minimum atomic E-state index is -0.177. The molecule has 7 heteroatoms. The van der Waals surface area contributed by atoms with Crippen molar-refractivity contribution in [2.45, 2.75) is 19.9 Å². The third kappa shape index (κ3) is 5.63. The first-order valence-corrected chi connectivity index (χ1v) is 11.3. The Hall–Kier alpha value is -4.26. The lowest BCUT2D eigenvalue weighted by Crippen LogP contribution is -2.18. The van der Waals surface area contributed by atoms with E-state index in [9.17, 15) is 4.79 Å². The van der Waals surface area contributed by atoms with Crippen LogP contribution in [0, 0.1) is 6.92 Å². The highest BCUT2D eigenvalue weighted by atomic mass is 16.5. The van der Waals surface area contributed by atoms with E-state index in [1.165, 1.54) is 0 Å². The average Bonchev–Trinajstić information content (AvgIpc) is 3.25. The van der Waals surface area contributed by atoms with Gasteiger partial charge in [0.2, 0.25) is 11.7 Å². The SMILES string of the molecule is COc1cc(CC(=O)Nc2cc(-c3cccc(C)c3)nn2Cc2ccccc2)cc(OC)c1OC. The summed E-state index contributed by atoms with van der Waals surface area (Å²) in [7, 11) is 4.65. The maximum Gasteiger partial charge on any atom is 0.229 e. The lowest BCUT2D eigenvalue weighted by atomic mass is 10.1. The molecule has 0 unspecified atom stereocenters. The molecule has 1 heterocycles. The van der Waals surface area contributed by atoms with Crippen molar-refractivity contribution in [3.63, 3.8) is 0 Å². The number of nitrogens with one attached hydrogen (secondary N) is 1. The van der Waals surface area contributed by atoms with E-state index in [1.54, 1.807) is 33.5 Å². The second-order valence-corrected chi connectivity index (χ2v) is 8.19. The van der Waals surface area contributed by atoms with Crippen LogP contribution in [0.3, 0.4) is 0 Å². The summed E-state index contributed by atoms with van der Waals surface area (Å²) in [5.74, 6) is 1.95. The van der Waals surface area contributed by atoms with Crippen molar-refractivity contribution in [1.29, 1.82) is 0 Å². The topological polar surface area (TPSA) is 74.6 Å². The number of nitrogens with zero attached hydrogens (tertiary/aromatic N) is 2. The summed E-state index contributed by atoms with van der Waals surface area (Å²) in [5.41, 5.74) is 4.77. The molecule has 0 atom stereocenters. The number of ether oxygens (including phenoxy) is 3. The summed E-state index contributed by atoms with van der Waals surface area (Å²) in [5, 5.41) is 7.84. The van der Waals surface area contributed by atoms with Gasteiger partial charge >= 0.3 is 0 Å². The number of hydrogen-bond donors (Lipinski definition) is 1. The van der Waals surface area contributed by atoms with Crippen molar-refractivity contribution in [2.75, 3.05) is 26.6 Å². The first-order valence-electron chi connectivity index (χ1n) is 11.3. The number of rotatable bonds is 9. The zero-order chi connectivity index (χ0) is 24.8. The number of carbonyl (C=O) groups excluding carboxylic acids is 1. The van der Waals surface area contributed by atoms with Crippen LogP contribution in [0.25, 0.3) is 11.3 Å². The highest BCUT2D eigenvalue weighted by Gasteiger charge is 2.17. The molecule has 7 nitrogen and oxygen atoms in total. The molecule has 0 radical (unpaired) electrons. The Balaban J connectivity index is 1.61. The van der Waals surface area contributed by atoms with Gasteiger partial charge in [-0.3, -0.25) is 4.79 Å². The molecule has 0 spiro atoms. The molecule has 4 aromatic rings. The summed E-state index contributed by atoms with van der Waals surface area (Å²) in [6, 6.07) is 23.6. The van der Waals surface area contributed by atoms with Crippen LogP contribution in [-0.2, 0) is 17.8 Å². The average molecular weight is 472 g/mol. The number of aryl methyl sites for hydroxylation is 1. The van der Waals surface area contributed by atoms with Gasteiger partial charge in [0, 0.05) is 11.6 Å². The van der Waals surface area contributed by atoms with Crippen molar-refractivity contribution < 1.29 is 19.0 Å². The van der Waals surface area contributed by atoms with Gasteiger partial charge in [0.15, 0.2) is 11.5 Å². The number of hydrogen-bond acceptors (Lipinski definition) is 5. The number of anilines is 1. The van der Waals surface area contributed by atoms with Crippen LogP contribution in [0.1, 0.15) is 16.7 Å². The predicted octanol–water partition coefficient (Wildman–Crippen LogP) is 5.11. The van der Waals surface area contributed by atoms with E-state index in [1.807, 2.05) is 66.2 Å². The Morgan fingerprint density at radius 3 is 2.20 bits per heavy atom. The molecule has 0 fully saturated rings. The number of benzene rings is 3. The van der Waals surface area contributed by atoms with Crippen molar-refractivity contribution in [3.8, 4) is 28.5 Å². The number of aromatic nitrogens is 2. The normalized spacial score (nSPS) is 10.6. The third-order valence-corrected chi connectivity index (χ3v) is 5.63. The summed E-state index contributed by atoms with van der Waals surface area (Å²) >= 11 is 0. The van der Waals surface area contributed by atoms with Crippen molar-refractivity contribution in [1.82, 2.24) is 9.78 Å². The molecule has 35 heavy (non-hydrogen) atoms. The van der Waals surface area contributed by atoms with Crippen LogP contribution in [0.5, 0.6) is 17.2 Å². The molecule has 4 rings (SSSR count). The van der Waals surface area contributed by atoms with E-state index in [4.69, 9.17) is 19.3 Å². The Kier molecular flexibility index (Phi) is 7.35. The molecule has 180 valence electrons. The number of carbonyl (C=O) groups is 1. The van der Waals surface area contributed by atoms with Crippen LogP contribution >= 0.6 is 0 Å². The van der Waals surface area contributed by atoms with Gasteiger partial charge in [0.05, 0.1) is 40.0 Å². The molecule has 0 bridgehead atoms. The Labute approximate surface area is 205 Å². The van der Waals surface area contributed by atoms with Gasteiger partial charge in [-0.1, -0.05) is 54.1 Å². The fourth-order valence-electron chi connectivity index (χ4n) is 3.95. The van der Waals surface area contributed by atoms with Gasteiger partial charge < -0.3 is 19.5 Å². The standard InChI is InChI=1S/C28H29N3O4/c1-19-9-8-12-22(13-19)23-17-26(31(30-23)18-20-10-6-5-7-11-20)29-27(32)16-21-14-24(33-2)28(35-4)25(15-21)34-3/h5-15,17H,16,18H2,1-4H3,(H,29,32). The first kappa shape index (κ1) is 23.9. The second-order valence-electron chi connectivity index (χ2n) is 8.19. The summed E-state index contributed by atoms with van der Waals surface area (Å²) in [6.07, 6.45) is 0.132. The smallest absolute Gasteiger partial charge is 0.229 e. The molecule has 0 saturated carbocycles. The Bertz CT molecular complexity index is 1290. The summed E-state index contributed by atoms with van der Waals surface area (Å²) < 4.78 is 18.0. The van der Waals surface area contributed by atoms with E-state index in [-0.39, 0.29) is 12.3 Å². The zero-order valence-electron chi connectivity index (χ0n) is 20.4. The first-order chi connectivity index (χ1) is 17.0. The van der Waals surface area contributed by atoms with E-state index in [0.29, 0.717) is 29.6 Å². The fourth-order valence-corrected chi connectivity index (χ4v) is 3.95. The third-order valence-electron chi connectivity index (χ3n) is 5.63. The van der Waals surface area contributed by atoms with Gasteiger partial charge in [0.25, 0.3) is 0 Å². The van der Waals surface area contributed by atoms with Gasteiger partial charge in [-0.25, -0.2) is 4.68 Å². The maximum atomic E-state index is 13.1. The Morgan fingerprint density at radius 1 is 0.857 bits per heavy atom. The molecule has 0 aliphatic carbocycles. The molecule has 0 aliphatic heterocycles. The molecule has 0 aliphatic rings. The fraction of sp³-hybridized carbons (Fsp3) is 0.214. The van der Waals surface area contributed by atoms with Crippen LogP contribution < -0.4 is 19.5 Å². The molecular formula is C28H29N3O4. The molecule has 1 amide bonds. The second kappa shape index (κ2) is 10.8. The highest BCUT2D eigenvalue weighted by molar-refractivity contribution is 5.92. The zero-order valence-corrected chi connectivity index (χ0v) is 20.4. The van der Waals surface area contributed by atoms with E-state index >= 15 is 0 Å². The monoisotopic (exact) mass is 471 g/mol. The van der Waals surface area contributed by atoms with Crippen molar-refractivity contribution >= 4 is 11.7 Å². The molecule has 1 aromatic heterocycles. The van der Waals surface area contributed by atoms with E-state index < -0.39 is 0 Å². The maximum absolute atomic E-state index is 13.1. The molecule has 1 N–H and O–H groups in total. The number of amides is 1. The van der Waals surface area contributed by atoms with Crippen LogP contribution in [0.15, 0.2) is 72.8 Å².